The van der Waals surface area contributed by atoms with Gasteiger partial charge in [-0.05, 0) is 35.9 Å². The first-order valence-corrected chi connectivity index (χ1v) is 11.6. The fourth-order valence-corrected chi connectivity index (χ4v) is 3.60. The van der Waals surface area contributed by atoms with Gasteiger partial charge in [0.05, 0.1) is 12.1 Å². The summed E-state index contributed by atoms with van der Waals surface area (Å²) in [6.45, 7) is 0.0507. The molecule has 4 aromatic rings. The van der Waals surface area contributed by atoms with Crippen LogP contribution in [0.15, 0.2) is 91.1 Å². The van der Waals surface area contributed by atoms with Crippen molar-refractivity contribution in [1.29, 1.82) is 0 Å². The summed E-state index contributed by atoms with van der Waals surface area (Å²) in [6.07, 6.45) is 0.168. The number of nitrogen functional groups attached to an aromatic ring is 1. The molecule has 188 valence electrons. The lowest BCUT2D eigenvalue weighted by atomic mass is 10.1. The topological polar surface area (TPSA) is 113 Å². The number of nitrogens with zero attached hydrogens (tertiary/aromatic N) is 1. The summed E-state index contributed by atoms with van der Waals surface area (Å²) in [5.41, 5.74) is 8.06. The quantitative estimate of drug-likeness (QED) is 0.284. The number of nitrogens with two attached hydrogens (primary N) is 1. The number of ether oxygens (including phenoxy) is 3. The Morgan fingerprint density at radius 2 is 1.78 bits per heavy atom. The maximum atomic E-state index is 13.2. The Morgan fingerprint density at radius 3 is 2.57 bits per heavy atom. The third kappa shape index (κ3) is 6.77. The van der Waals surface area contributed by atoms with Crippen molar-refractivity contribution in [1.82, 2.24) is 4.98 Å². The lowest BCUT2D eigenvalue weighted by Crippen LogP contribution is -2.22. The van der Waals surface area contributed by atoms with Crippen molar-refractivity contribution in [2.75, 3.05) is 18.2 Å². The smallest absolute Gasteiger partial charge is 0.352 e. The number of aromatic nitrogens is 1. The molecule has 3 aromatic carbocycles. The minimum absolute atomic E-state index is 0.0507. The minimum atomic E-state index is -1.21. The van der Waals surface area contributed by atoms with Gasteiger partial charge in [0, 0.05) is 29.1 Å². The standard InChI is InChI=1S/C28H24ClN3O5/c1-35-23-12-6-10-20(14-23)27(33)32-22-11-5-9-19(13-22)25(37-24-15-21(29)16-31-26(24)30)28(34)36-17-18-7-3-2-4-8-18/h2-16,25H,17H2,1H3,(H2,30,31)(H,32,33)/t25-/m1/s1. The van der Waals surface area contributed by atoms with E-state index in [2.05, 4.69) is 10.3 Å². The minimum Gasteiger partial charge on any atom is -0.497 e. The van der Waals surface area contributed by atoms with E-state index in [1.807, 2.05) is 30.3 Å². The summed E-state index contributed by atoms with van der Waals surface area (Å²) in [4.78, 5) is 30.0. The molecule has 1 aromatic heterocycles. The number of carbonyl (C=O) groups excluding carboxylic acids is 2. The molecule has 0 saturated heterocycles. The fraction of sp³-hybridized carbons (Fsp3) is 0.107. The largest absolute Gasteiger partial charge is 0.497 e. The van der Waals surface area contributed by atoms with E-state index >= 15 is 0 Å². The highest BCUT2D eigenvalue weighted by Gasteiger charge is 2.26. The molecule has 1 amide bonds. The second-order valence-electron chi connectivity index (χ2n) is 7.94. The summed E-state index contributed by atoms with van der Waals surface area (Å²) in [5.74, 6) is -0.251. The van der Waals surface area contributed by atoms with Gasteiger partial charge in [0.15, 0.2) is 11.6 Å². The monoisotopic (exact) mass is 517 g/mol. The first-order valence-electron chi connectivity index (χ1n) is 11.3. The van der Waals surface area contributed by atoms with Crippen molar-refractivity contribution in [3.05, 3.63) is 113 Å². The molecule has 0 aliphatic heterocycles. The van der Waals surface area contributed by atoms with Crippen LogP contribution in [-0.4, -0.2) is 24.0 Å². The Labute approximate surface area is 219 Å². The van der Waals surface area contributed by atoms with Crippen LogP contribution < -0.4 is 20.5 Å². The van der Waals surface area contributed by atoms with Gasteiger partial charge < -0.3 is 25.3 Å². The van der Waals surface area contributed by atoms with E-state index in [-0.39, 0.29) is 24.1 Å². The molecule has 0 aliphatic carbocycles. The van der Waals surface area contributed by atoms with Crippen LogP contribution in [0.2, 0.25) is 5.02 Å². The summed E-state index contributed by atoms with van der Waals surface area (Å²) in [7, 11) is 1.53. The molecule has 1 heterocycles. The molecule has 37 heavy (non-hydrogen) atoms. The van der Waals surface area contributed by atoms with Crippen LogP contribution in [-0.2, 0) is 16.1 Å². The summed E-state index contributed by atoms with van der Waals surface area (Å²) in [5, 5.41) is 3.12. The maximum Gasteiger partial charge on any atom is 0.352 e. The number of nitrogens with one attached hydrogen (secondary N) is 1. The highest BCUT2D eigenvalue weighted by atomic mass is 35.5. The number of amides is 1. The van der Waals surface area contributed by atoms with Gasteiger partial charge in [-0.1, -0.05) is 60.1 Å². The van der Waals surface area contributed by atoms with E-state index in [0.29, 0.717) is 27.6 Å². The molecule has 1 atom stereocenters. The predicted molar refractivity (Wildman–Crippen MR) is 141 cm³/mol. The second kappa shape index (κ2) is 11.9. The normalized spacial score (nSPS) is 11.3. The van der Waals surface area contributed by atoms with Crippen LogP contribution in [0.1, 0.15) is 27.6 Å². The molecule has 0 radical (unpaired) electrons. The second-order valence-corrected chi connectivity index (χ2v) is 8.38. The van der Waals surface area contributed by atoms with Crippen molar-refractivity contribution in [3.63, 3.8) is 0 Å². The number of esters is 1. The lowest BCUT2D eigenvalue weighted by Gasteiger charge is -2.20. The number of halogens is 1. The van der Waals surface area contributed by atoms with E-state index < -0.39 is 12.1 Å². The third-order valence-corrected chi connectivity index (χ3v) is 5.52. The van der Waals surface area contributed by atoms with E-state index in [1.165, 1.54) is 19.4 Å². The van der Waals surface area contributed by atoms with E-state index in [9.17, 15) is 9.59 Å². The molecular formula is C28H24ClN3O5. The molecule has 4 rings (SSSR count). The van der Waals surface area contributed by atoms with Gasteiger partial charge in [0.1, 0.15) is 12.4 Å². The number of pyridine rings is 1. The highest BCUT2D eigenvalue weighted by molar-refractivity contribution is 6.30. The maximum absolute atomic E-state index is 13.2. The van der Waals surface area contributed by atoms with E-state index in [1.54, 1.807) is 48.5 Å². The first-order chi connectivity index (χ1) is 17.9. The number of benzene rings is 3. The Bertz CT molecular complexity index is 1400. The summed E-state index contributed by atoms with van der Waals surface area (Å²) < 4.78 is 16.7. The Balaban J connectivity index is 1.59. The Kier molecular flexibility index (Phi) is 8.22. The molecule has 3 N–H and O–H groups in total. The van der Waals surface area contributed by atoms with Gasteiger partial charge >= 0.3 is 5.97 Å². The predicted octanol–water partition coefficient (Wildman–Crippen LogP) is 5.44. The molecule has 8 nitrogen and oxygen atoms in total. The van der Waals surface area contributed by atoms with Crippen molar-refractivity contribution >= 4 is 35.0 Å². The lowest BCUT2D eigenvalue weighted by molar-refractivity contribution is -0.153. The molecular weight excluding hydrogens is 494 g/mol. The molecule has 0 aliphatic rings. The van der Waals surface area contributed by atoms with Gasteiger partial charge in [-0.3, -0.25) is 4.79 Å². The number of anilines is 2. The third-order valence-electron chi connectivity index (χ3n) is 5.31. The van der Waals surface area contributed by atoms with Crippen LogP contribution in [0.3, 0.4) is 0 Å². The van der Waals surface area contributed by atoms with Crippen molar-refractivity contribution in [2.24, 2.45) is 0 Å². The molecule has 0 spiro atoms. The van der Waals surface area contributed by atoms with Crippen LogP contribution in [0, 0.1) is 0 Å². The SMILES string of the molecule is COc1cccc(C(=O)Nc2cccc([C@@H](Oc3cc(Cl)cnc3N)C(=O)OCc3ccccc3)c2)c1. The average molecular weight is 518 g/mol. The van der Waals surface area contributed by atoms with Gasteiger partial charge in [-0.15, -0.1) is 0 Å². The van der Waals surface area contributed by atoms with Crippen molar-refractivity contribution < 1.29 is 23.8 Å². The molecule has 0 bridgehead atoms. The number of rotatable bonds is 9. The zero-order valence-corrected chi connectivity index (χ0v) is 20.6. The number of hydrogen-bond donors (Lipinski definition) is 2. The zero-order valence-electron chi connectivity index (χ0n) is 19.9. The van der Waals surface area contributed by atoms with Gasteiger partial charge in [0.2, 0.25) is 6.10 Å². The van der Waals surface area contributed by atoms with Crippen LogP contribution in [0.25, 0.3) is 0 Å². The van der Waals surface area contributed by atoms with Crippen LogP contribution in [0.5, 0.6) is 11.5 Å². The fourth-order valence-electron chi connectivity index (χ4n) is 3.46. The Morgan fingerprint density at radius 1 is 1.00 bits per heavy atom. The van der Waals surface area contributed by atoms with Gasteiger partial charge in [0.25, 0.3) is 5.91 Å². The summed E-state index contributed by atoms with van der Waals surface area (Å²) >= 11 is 6.06. The van der Waals surface area contributed by atoms with Gasteiger partial charge in [-0.2, -0.15) is 0 Å². The molecule has 9 heteroatoms. The average Bonchev–Trinajstić information content (AvgIpc) is 2.93. The van der Waals surface area contributed by atoms with Crippen LogP contribution >= 0.6 is 11.6 Å². The molecule has 0 fully saturated rings. The summed E-state index contributed by atoms with van der Waals surface area (Å²) in [6, 6.07) is 24.2. The van der Waals surface area contributed by atoms with Crippen molar-refractivity contribution in [2.45, 2.75) is 12.7 Å². The van der Waals surface area contributed by atoms with Crippen molar-refractivity contribution in [3.8, 4) is 11.5 Å². The number of hydrogen-bond acceptors (Lipinski definition) is 7. The first kappa shape index (κ1) is 25.5. The van der Waals surface area contributed by atoms with E-state index in [0.717, 1.165) is 5.56 Å². The van der Waals surface area contributed by atoms with E-state index in [4.69, 9.17) is 31.5 Å². The Hall–Kier alpha value is -4.56. The van der Waals surface area contributed by atoms with Crippen LogP contribution in [0.4, 0.5) is 11.5 Å². The van der Waals surface area contributed by atoms with Gasteiger partial charge in [-0.25, -0.2) is 9.78 Å². The highest BCUT2D eigenvalue weighted by Crippen LogP contribution is 2.30. The number of carbonyl (C=O) groups is 2. The molecule has 0 saturated carbocycles. The zero-order chi connectivity index (χ0) is 26.2. The molecule has 0 unspecified atom stereocenters. The number of methoxy groups -OCH3 is 1.